The predicted molar refractivity (Wildman–Crippen MR) is 135 cm³/mol. The number of hydrogen-bond acceptors (Lipinski definition) is 5. The highest BCUT2D eigenvalue weighted by Crippen LogP contribution is 2.54. The molecule has 188 valence electrons. The topological polar surface area (TPSA) is 88.3 Å². The fourth-order valence-electron chi connectivity index (χ4n) is 5.30. The Labute approximate surface area is 209 Å². The van der Waals surface area contributed by atoms with E-state index in [1.165, 1.54) is 6.07 Å². The third kappa shape index (κ3) is 3.66. The number of rotatable bonds is 7. The van der Waals surface area contributed by atoms with Crippen LogP contribution in [0.4, 0.5) is 15.8 Å². The molecule has 0 radical (unpaired) electrons. The van der Waals surface area contributed by atoms with Crippen LogP contribution in [0.15, 0.2) is 36.7 Å². The molecule has 3 aromatic rings. The monoisotopic (exact) mass is 490 g/mol. The number of fused-ring (bicyclic) bond motifs is 2. The number of hydrogen-bond donors (Lipinski definition) is 3. The van der Waals surface area contributed by atoms with Crippen LogP contribution in [-0.4, -0.2) is 41.7 Å². The van der Waals surface area contributed by atoms with Crippen LogP contribution in [0.3, 0.4) is 0 Å². The number of pyridine rings is 1. The van der Waals surface area contributed by atoms with Crippen molar-refractivity contribution in [2.24, 2.45) is 5.41 Å². The van der Waals surface area contributed by atoms with Crippen LogP contribution in [0, 0.1) is 11.2 Å². The Kier molecular flexibility index (Phi) is 5.33. The van der Waals surface area contributed by atoms with Crippen molar-refractivity contribution in [3.63, 3.8) is 0 Å². The Morgan fingerprint density at radius 1 is 1.28 bits per heavy atom. The Balaban J connectivity index is 1.46. The van der Waals surface area contributed by atoms with Gasteiger partial charge in [0.15, 0.2) is 0 Å². The number of nitrogens with one attached hydrogen (secondary N) is 3. The number of anilines is 2. The highest BCUT2D eigenvalue weighted by atomic mass is 19.1. The first-order valence-electron chi connectivity index (χ1n) is 12.6. The van der Waals surface area contributed by atoms with Gasteiger partial charge in [-0.05, 0) is 37.5 Å². The van der Waals surface area contributed by atoms with E-state index in [1.54, 1.807) is 18.5 Å². The smallest absolute Gasteiger partial charge is 0.255 e. The molecular weight excluding hydrogens is 459 g/mol. The fraction of sp³-hybridized carbons (Fsp3) is 0.429. The zero-order chi connectivity index (χ0) is 25.1. The van der Waals surface area contributed by atoms with Gasteiger partial charge in [0.1, 0.15) is 18.2 Å². The number of benzene rings is 1. The number of nitrogens with zero attached hydrogens (tertiary/aromatic N) is 1. The molecule has 1 amide bonds. The third-order valence-electron chi connectivity index (χ3n) is 7.90. The van der Waals surface area contributed by atoms with E-state index in [4.69, 9.17) is 9.47 Å². The molecule has 7 nitrogen and oxygen atoms in total. The van der Waals surface area contributed by atoms with E-state index in [-0.39, 0.29) is 28.7 Å². The highest BCUT2D eigenvalue weighted by Gasteiger charge is 2.52. The van der Waals surface area contributed by atoms with E-state index < -0.39 is 0 Å². The van der Waals surface area contributed by atoms with Crippen molar-refractivity contribution >= 4 is 17.3 Å². The van der Waals surface area contributed by atoms with E-state index in [0.717, 1.165) is 29.8 Å². The number of aromatic amines is 1. The van der Waals surface area contributed by atoms with Crippen LogP contribution >= 0.6 is 0 Å². The molecule has 6 rings (SSSR count). The second-order valence-electron chi connectivity index (χ2n) is 10.8. The van der Waals surface area contributed by atoms with Gasteiger partial charge in [-0.1, -0.05) is 26.8 Å². The van der Waals surface area contributed by atoms with Crippen LogP contribution in [0.1, 0.15) is 55.2 Å². The molecule has 4 heterocycles. The summed E-state index contributed by atoms with van der Waals surface area (Å²) in [5.74, 6) is 0.196. The van der Waals surface area contributed by atoms with E-state index in [9.17, 15) is 9.18 Å². The van der Waals surface area contributed by atoms with Gasteiger partial charge in [-0.25, -0.2) is 4.39 Å². The molecule has 2 aromatic heterocycles. The normalized spacial score (nSPS) is 20.9. The summed E-state index contributed by atoms with van der Waals surface area (Å²) in [6, 6.07) is 6.87. The van der Waals surface area contributed by atoms with Crippen LogP contribution in [-0.2, 0) is 16.6 Å². The number of amides is 1. The zero-order valence-corrected chi connectivity index (χ0v) is 20.8. The predicted octanol–water partition coefficient (Wildman–Crippen LogP) is 5.10. The number of carbonyl (C=O) groups excluding carboxylic acids is 1. The maximum atomic E-state index is 14.6. The Morgan fingerprint density at radius 3 is 2.81 bits per heavy atom. The average Bonchev–Trinajstić information content (AvgIpc) is 3.54. The van der Waals surface area contributed by atoms with Crippen molar-refractivity contribution in [1.29, 1.82) is 0 Å². The molecule has 1 unspecified atom stereocenters. The molecule has 1 saturated heterocycles. The molecule has 3 N–H and O–H groups in total. The standard InChI is InChI=1S/C28H31FN4O3/c1-4-16-18(29)6-5-7-19(16)32-24-22-25(28(9-10-28)14-31-26(22)34)33-23(24)17-8-11-30-12-20(17)35-13-21-27(2,3)15-36-21/h5-8,11-12,21,32-33H,4,9-10,13-15H2,1-3H3,(H,31,34). The number of aromatic nitrogens is 2. The highest BCUT2D eigenvalue weighted by molar-refractivity contribution is 6.07. The van der Waals surface area contributed by atoms with Crippen LogP contribution in [0.2, 0.25) is 0 Å². The summed E-state index contributed by atoms with van der Waals surface area (Å²) in [6.45, 7) is 7.97. The molecule has 36 heavy (non-hydrogen) atoms. The van der Waals surface area contributed by atoms with Gasteiger partial charge in [-0.3, -0.25) is 9.78 Å². The van der Waals surface area contributed by atoms with Gasteiger partial charge >= 0.3 is 0 Å². The quantitative estimate of drug-likeness (QED) is 0.429. The lowest BCUT2D eigenvalue weighted by Crippen LogP contribution is -2.50. The lowest BCUT2D eigenvalue weighted by Gasteiger charge is -2.43. The van der Waals surface area contributed by atoms with Crippen LogP contribution in [0.25, 0.3) is 11.3 Å². The number of H-pyrrole nitrogens is 1. The Bertz CT molecular complexity index is 1340. The van der Waals surface area contributed by atoms with Crippen molar-refractivity contribution in [2.75, 3.05) is 25.1 Å². The molecule has 2 aliphatic heterocycles. The maximum absolute atomic E-state index is 14.6. The molecule has 8 heteroatoms. The molecule has 1 aromatic carbocycles. The summed E-state index contributed by atoms with van der Waals surface area (Å²) in [6.07, 6.45) is 5.94. The van der Waals surface area contributed by atoms with Gasteiger partial charge in [0.2, 0.25) is 0 Å². The first-order valence-corrected chi connectivity index (χ1v) is 12.6. The first kappa shape index (κ1) is 23.0. The summed E-state index contributed by atoms with van der Waals surface area (Å²) in [5.41, 5.74) is 4.88. The number of halogens is 1. The molecule has 1 saturated carbocycles. The minimum Gasteiger partial charge on any atom is -0.489 e. The Hall–Kier alpha value is -3.39. The molecule has 0 bridgehead atoms. The van der Waals surface area contributed by atoms with Gasteiger partial charge in [0, 0.05) is 46.1 Å². The molecule has 1 aliphatic carbocycles. The third-order valence-corrected chi connectivity index (χ3v) is 7.90. The SMILES string of the molecule is CCc1c(F)cccc1Nc1c(-c2ccncc2OCC2OCC2(C)C)[nH]c2c1C(=O)NCC21CC1. The maximum Gasteiger partial charge on any atom is 0.255 e. The van der Waals surface area contributed by atoms with Crippen molar-refractivity contribution < 1.29 is 18.7 Å². The summed E-state index contributed by atoms with van der Waals surface area (Å²) >= 11 is 0. The van der Waals surface area contributed by atoms with E-state index in [1.807, 2.05) is 19.1 Å². The summed E-state index contributed by atoms with van der Waals surface area (Å²) in [4.78, 5) is 21.1. The van der Waals surface area contributed by atoms with Crippen molar-refractivity contribution in [2.45, 2.75) is 51.6 Å². The second kappa shape index (κ2) is 8.34. The van der Waals surface area contributed by atoms with Crippen LogP contribution < -0.4 is 15.4 Å². The van der Waals surface area contributed by atoms with Gasteiger partial charge < -0.3 is 25.1 Å². The van der Waals surface area contributed by atoms with Gasteiger partial charge in [-0.15, -0.1) is 0 Å². The van der Waals surface area contributed by atoms with Gasteiger partial charge in [0.05, 0.1) is 35.9 Å². The van der Waals surface area contributed by atoms with Crippen LogP contribution in [0.5, 0.6) is 5.75 Å². The average molecular weight is 491 g/mol. The zero-order valence-electron chi connectivity index (χ0n) is 20.8. The number of ether oxygens (including phenoxy) is 2. The minimum atomic E-state index is -0.271. The lowest BCUT2D eigenvalue weighted by molar-refractivity contribution is -0.180. The first-order chi connectivity index (χ1) is 17.3. The van der Waals surface area contributed by atoms with Crippen molar-refractivity contribution in [3.8, 4) is 17.0 Å². The molecular formula is C28H31FN4O3. The largest absolute Gasteiger partial charge is 0.489 e. The number of carbonyl (C=O) groups is 1. The van der Waals surface area contributed by atoms with E-state index in [0.29, 0.717) is 54.4 Å². The Morgan fingerprint density at radius 2 is 2.11 bits per heavy atom. The van der Waals surface area contributed by atoms with Gasteiger partial charge in [-0.2, -0.15) is 0 Å². The lowest BCUT2D eigenvalue weighted by atomic mass is 9.83. The van der Waals surface area contributed by atoms with Gasteiger partial charge in [0.25, 0.3) is 5.91 Å². The molecule has 3 aliphatic rings. The molecule has 1 atom stereocenters. The molecule has 2 fully saturated rings. The minimum absolute atomic E-state index is 0.0000774. The second-order valence-corrected chi connectivity index (χ2v) is 10.8. The van der Waals surface area contributed by atoms with Crippen molar-refractivity contribution in [1.82, 2.24) is 15.3 Å². The summed E-state index contributed by atoms with van der Waals surface area (Å²) in [7, 11) is 0. The fourth-order valence-corrected chi connectivity index (χ4v) is 5.30. The summed E-state index contributed by atoms with van der Waals surface area (Å²) in [5, 5.41) is 6.50. The summed E-state index contributed by atoms with van der Waals surface area (Å²) < 4.78 is 26.6. The van der Waals surface area contributed by atoms with E-state index >= 15 is 0 Å². The van der Waals surface area contributed by atoms with Crippen molar-refractivity contribution in [3.05, 3.63) is 59.3 Å². The molecule has 1 spiro atoms. The van der Waals surface area contributed by atoms with E-state index in [2.05, 4.69) is 34.4 Å².